The van der Waals surface area contributed by atoms with Gasteiger partial charge in [0.05, 0.1) is 16.4 Å². The highest BCUT2D eigenvalue weighted by Gasteiger charge is 2.24. The first-order chi connectivity index (χ1) is 17.1. The Hall–Kier alpha value is -3.36. The minimum Gasteiger partial charge on any atom is -0.385 e. The quantitative estimate of drug-likeness (QED) is 0.364. The van der Waals surface area contributed by atoms with Crippen LogP contribution in [0.1, 0.15) is 38.4 Å². The number of carbonyl (C=O) groups excluding carboxylic acids is 2. The Labute approximate surface area is 217 Å². The van der Waals surface area contributed by atoms with Crippen molar-refractivity contribution in [2.24, 2.45) is 0 Å². The van der Waals surface area contributed by atoms with Crippen LogP contribution in [0.5, 0.6) is 0 Å². The number of para-hydroxylation sites is 1. The number of ether oxygens (including phenoxy) is 1. The molecule has 3 aromatic rings. The first-order valence-electron chi connectivity index (χ1n) is 11.9. The molecule has 9 heteroatoms. The van der Waals surface area contributed by atoms with Gasteiger partial charge in [0.2, 0.25) is 5.91 Å². The standard InChI is InChI=1S/C27H34ClN5O3/c1-19-10-8-11-20(16-19)29-26(35)32(14-9-15-36-5)18-25(34)30-24-17-23(27(2,3)4)31-33(24)22-13-7-6-12-21(22)28/h6-8,10-13,16-17H,9,14-15,18H2,1-5H3,(H,29,35)(H,30,34). The van der Waals surface area contributed by atoms with E-state index < -0.39 is 0 Å². The summed E-state index contributed by atoms with van der Waals surface area (Å²) in [5.74, 6) is 0.134. The lowest BCUT2D eigenvalue weighted by Crippen LogP contribution is -2.41. The van der Waals surface area contributed by atoms with Gasteiger partial charge in [-0.15, -0.1) is 0 Å². The second-order valence-electron chi connectivity index (χ2n) is 9.64. The topological polar surface area (TPSA) is 88.5 Å². The number of hydrogen-bond donors (Lipinski definition) is 2. The lowest BCUT2D eigenvalue weighted by atomic mass is 9.92. The number of halogens is 1. The smallest absolute Gasteiger partial charge is 0.322 e. The Morgan fingerprint density at radius 2 is 1.83 bits per heavy atom. The summed E-state index contributed by atoms with van der Waals surface area (Å²) < 4.78 is 6.76. The van der Waals surface area contributed by atoms with Crippen molar-refractivity contribution < 1.29 is 14.3 Å². The van der Waals surface area contributed by atoms with Crippen LogP contribution in [0.4, 0.5) is 16.3 Å². The van der Waals surface area contributed by atoms with Crippen molar-refractivity contribution in [1.29, 1.82) is 0 Å². The highest BCUT2D eigenvalue weighted by Crippen LogP contribution is 2.29. The molecule has 0 aliphatic rings. The molecule has 36 heavy (non-hydrogen) atoms. The Morgan fingerprint density at radius 3 is 2.50 bits per heavy atom. The molecule has 0 unspecified atom stereocenters. The highest BCUT2D eigenvalue weighted by atomic mass is 35.5. The first-order valence-corrected chi connectivity index (χ1v) is 12.2. The molecule has 192 valence electrons. The number of aromatic nitrogens is 2. The number of nitrogens with zero attached hydrogens (tertiary/aromatic N) is 3. The molecule has 0 spiro atoms. The number of urea groups is 1. The van der Waals surface area contributed by atoms with Crippen molar-refractivity contribution in [3.63, 3.8) is 0 Å². The number of anilines is 2. The number of nitrogens with one attached hydrogen (secondary N) is 2. The zero-order valence-electron chi connectivity index (χ0n) is 21.5. The summed E-state index contributed by atoms with van der Waals surface area (Å²) in [6, 6.07) is 16.3. The van der Waals surface area contributed by atoms with Gasteiger partial charge in [0.15, 0.2) is 0 Å². The Kier molecular flexibility index (Phi) is 9.12. The van der Waals surface area contributed by atoms with Crippen LogP contribution in [0.25, 0.3) is 5.69 Å². The van der Waals surface area contributed by atoms with Crippen molar-refractivity contribution in [3.05, 3.63) is 70.9 Å². The van der Waals surface area contributed by atoms with E-state index in [1.807, 2.05) is 76.2 Å². The zero-order chi connectivity index (χ0) is 26.3. The summed E-state index contributed by atoms with van der Waals surface area (Å²) in [7, 11) is 1.60. The van der Waals surface area contributed by atoms with Gasteiger partial charge >= 0.3 is 6.03 Å². The van der Waals surface area contributed by atoms with E-state index in [0.717, 1.165) is 11.3 Å². The fourth-order valence-corrected chi connectivity index (χ4v) is 3.79. The van der Waals surface area contributed by atoms with Gasteiger partial charge in [0, 0.05) is 37.4 Å². The average Bonchev–Trinajstić information content (AvgIpc) is 3.23. The van der Waals surface area contributed by atoms with Crippen LogP contribution >= 0.6 is 11.6 Å². The van der Waals surface area contributed by atoms with Crippen LogP contribution in [0.2, 0.25) is 5.02 Å². The van der Waals surface area contributed by atoms with Gasteiger partial charge in [-0.05, 0) is 43.2 Å². The predicted molar refractivity (Wildman–Crippen MR) is 144 cm³/mol. The maximum absolute atomic E-state index is 13.2. The lowest BCUT2D eigenvalue weighted by molar-refractivity contribution is -0.116. The summed E-state index contributed by atoms with van der Waals surface area (Å²) in [5, 5.41) is 11.0. The maximum Gasteiger partial charge on any atom is 0.322 e. The Balaban J connectivity index is 1.81. The van der Waals surface area contributed by atoms with Crippen molar-refractivity contribution in [1.82, 2.24) is 14.7 Å². The van der Waals surface area contributed by atoms with Gasteiger partial charge in [0.25, 0.3) is 0 Å². The monoisotopic (exact) mass is 511 g/mol. The molecular formula is C27H34ClN5O3. The van der Waals surface area contributed by atoms with E-state index >= 15 is 0 Å². The number of rotatable bonds is 9. The number of hydrogen-bond acceptors (Lipinski definition) is 4. The number of aryl methyl sites for hydroxylation is 1. The first kappa shape index (κ1) is 27.2. The molecule has 8 nitrogen and oxygen atoms in total. The number of carbonyl (C=O) groups is 2. The molecule has 1 aromatic heterocycles. The third-order valence-corrected chi connectivity index (χ3v) is 5.81. The number of methoxy groups -OCH3 is 1. The predicted octanol–water partition coefficient (Wildman–Crippen LogP) is 5.64. The van der Waals surface area contributed by atoms with Crippen LogP contribution in [0.15, 0.2) is 54.6 Å². The van der Waals surface area contributed by atoms with Crippen LogP contribution in [-0.4, -0.2) is 53.4 Å². The minimum absolute atomic E-state index is 0.139. The molecular weight excluding hydrogens is 478 g/mol. The largest absolute Gasteiger partial charge is 0.385 e. The van der Waals surface area contributed by atoms with E-state index in [2.05, 4.69) is 10.6 Å². The molecule has 0 atom stereocenters. The maximum atomic E-state index is 13.2. The van der Waals surface area contributed by atoms with Gasteiger partial charge < -0.3 is 20.3 Å². The summed E-state index contributed by atoms with van der Waals surface area (Å²) in [4.78, 5) is 27.7. The molecule has 1 heterocycles. The summed E-state index contributed by atoms with van der Waals surface area (Å²) in [6.45, 7) is 8.79. The zero-order valence-corrected chi connectivity index (χ0v) is 22.2. The van der Waals surface area contributed by atoms with Crippen LogP contribution in [0.3, 0.4) is 0 Å². The molecule has 0 aliphatic carbocycles. The van der Waals surface area contributed by atoms with Gasteiger partial charge in [-0.3, -0.25) is 4.79 Å². The molecule has 0 radical (unpaired) electrons. The van der Waals surface area contributed by atoms with Gasteiger partial charge in [0.1, 0.15) is 12.4 Å². The fraction of sp³-hybridized carbons (Fsp3) is 0.370. The third kappa shape index (κ3) is 7.32. The van der Waals surface area contributed by atoms with Crippen molar-refractivity contribution in [2.75, 3.05) is 37.4 Å². The average molecular weight is 512 g/mol. The molecule has 3 amide bonds. The van der Waals surface area contributed by atoms with Crippen molar-refractivity contribution in [3.8, 4) is 5.69 Å². The fourth-order valence-electron chi connectivity index (χ4n) is 3.58. The van der Waals surface area contributed by atoms with Gasteiger partial charge in [-0.2, -0.15) is 5.10 Å². The van der Waals surface area contributed by atoms with Gasteiger partial charge in [-0.1, -0.05) is 56.6 Å². The third-order valence-electron chi connectivity index (χ3n) is 5.49. The lowest BCUT2D eigenvalue weighted by Gasteiger charge is -2.23. The van der Waals surface area contributed by atoms with Crippen LogP contribution < -0.4 is 10.6 Å². The molecule has 3 rings (SSSR count). The Morgan fingerprint density at radius 1 is 1.08 bits per heavy atom. The van der Waals surface area contributed by atoms with E-state index in [1.54, 1.807) is 17.9 Å². The summed E-state index contributed by atoms with van der Waals surface area (Å²) >= 11 is 6.43. The number of benzene rings is 2. The van der Waals surface area contributed by atoms with Gasteiger partial charge in [-0.25, -0.2) is 9.48 Å². The van der Waals surface area contributed by atoms with E-state index in [4.69, 9.17) is 21.4 Å². The second kappa shape index (κ2) is 12.1. The SMILES string of the molecule is COCCCN(CC(=O)Nc1cc(C(C)(C)C)nn1-c1ccccc1Cl)C(=O)Nc1cccc(C)c1. The number of amides is 3. The van der Waals surface area contributed by atoms with E-state index in [9.17, 15) is 9.59 Å². The summed E-state index contributed by atoms with van der Waals surface area (Å²) in [6.07, 6.45) is 0.594. The second-order valence-corrected chi connectivity index (χ2v) is 10.1. The van der Waals surface area contributed by atoms with Crippen molar-refractivity contribution in [2.45, 2.75) is 39.5 Å². The molecule has 2 N–H and O–H groups in total. The van der Waals surface area contributed by atoms with Crippen LogP contribution in [0, 0.1) is 6.92 Å². The van der Waals surface area contributed by atoms with E-state index in [0.29, 0.717) is 41.8 Å². The molecule has 0 aliphatic heterocycles. The van der Waals surface area contributed by atoms with E-state index in [1.165, 1.54) is 4.90 Å². The molecule has 2 aromatic carbocycles. The summed E-state index contributed by atoms with van der Waals surface area (Å²) in [5.41, 5.74) is 2.90. The van der Waals surface area contributed by atoms with E-state index in [-0.39, 0.29) is 23.9 Å². The normalized spacial score (nSPS) is 11.3. The molecule has 0 bridgehead atoms. The minimum atomic E-state index is -0.359. The highest BCUT2D eigenvalue weighted by molar-refractivity contribution is 6.32. The molecule has 0 saturated carbocycles. The molecule has 0 saturated heterocycles. The van der Waals surface area contributed by atoms with Crippen LogP contribution in [-0.2, 0) is 14.9 Å². The van der Waals surface area contributed by atoms with Crippen molar-refractivity contribution >= 4 is 35.0 Å². The molecule has 0 fully saturated rings. The Bertz CT molecular complexity index is 1200.